The average Bonchev–Trinajstić information content (AvgIpc) is 3.54. The van der Waals surface area contributed by atoms with Crippen LogP contribution >= 0.6 is 11.3 Å². The summed E-state index contributed by atoms with van der Waals surface area (Å²) in [6, 6.07) is 21.9. The highest BCUT2D eigenvalue weighted by Crippen LogP contribution is 2.31. The molecule has 0 bridgehead atoms. The van der Waals surface area contributed by atoms with Crippen molar-refractivity contribution in [1.29, 1.82) is 0 Å². The minimum absolute atomic E-state index is 0.197. The molecule has 0 atom stereocenters. The van der Waals surface area contributed by atoms with E-state index in [-0.39, 0.29) is 17.6 Å². The second kappa shape index (κ2) is 8.16. The van der Waals surface area contributed by atoms with Crippen molar-refractivity contribution in [3.05, 3.63) is 95.4 Å². The molecular weight excluding hydrogens is 424 g/mol. The highest BCUT2D eigenvalue weighted by atomic mass is 32.1. The Balaban J connectivity index is 1.32. The largest absolute Gasteiger partial charge is 0.459 e. The monoisotopic (exact) mass is 442 g/mol. The number of amides is 2. The van der Waals surface area contributed by atoms with Gasteiger partial charge in [-0.25, -0.2) is 4.68 Å². The van der Waals surface area contributed by atoms with Gasteiger partial charge >= 0.3 is 0 Å². The Hall–Kier alpha value is -4.17. The number of carbonyl (C=O) groups is 2. The van der Waals surface area contributed by atoms with E-state index in [1.54, 1.807) is 36.4 Å². The van der Waals surface area contributed by atoms with Gasteiger partial charge < -0.3 is 15.1 Å². The molecule has 5 aromatic rings. The zero-order valence-electron chi connectivity index (χ0n) is 17.0. The van der Waals surface area contributed by atoms with Gasteiger partial charge in [-0.05, 0) is 61.5 Å². The molecule has 0 fully saturated rings. The summed E-state index contributed by atoms with van der Waals surface area (Å²) in [5.74, 6) is -0.297. The molecule has 0 aliphatic heterocycles. The number of carbonyl (C=O) groups excluding carboxylic acids is 2. The minimum atomic E-state index is -0.333. The number of hydrogen-bond donors (Lipinski definition) is 2. The van der Waals surface area contributed by atoms with Gasteiger partial charge in [0.15, 0.2) is 5.76 Å². The third-order valence-electron chi connectivity index (χ3n) is 4.91. The lowest BCUT2D eigenvalue weighted by molar-refractivity contribution is 0.0994. The number of thiophene rings is 1. The number of fused-ring (bicyclic) bond motifs is 1. The Kier molecular flexibility index (Phi) is 5.04. The van der Waals surface area contributed by atoms with E-state index >= 15 is 0 Å². The molecule has 2 aromatic carbocycles. The summed E-state index contributed by atoms with van der Waals surface area (Å²) in [4.78, 5) is 26.4. The van der Waals surface area contributed by atoms with Gasteiger partial charge in [0.05, 0.1) is 22.5 Å². The van der Waals surface area contributed by atoms with Crippen molar-refractivity contribution in [2.24, 2.45) is 0 Å². The van der Waals surface area contributed by atoms with Gasteiger partial charge in [-0.15, -0.1) is 11.3 Å². The maximum Gasteiger partial charge on any atom is 0.291 e. The maximum atomic E-state index is 12.8. The fourth-order valence-electron chi connectivity index (χ4n) is 3.33. The topological polar surface area (TPSA) is 89.2 Å². The lowest BCUT2D eigenvalue weighted by atomic mass is 10.2. The van der Waals surface area contributed by atoms with Crippen LogP contribution in [0.25, 0.3) is 15.9 Å². The van der Waals surface area contributed by atoms with E-state index in [1.165, 1.54) is 17.6 Å². The van der Waals surface area contributed by atoms with Crippen LogP contribution in [0.1, 0.15) is 25.9 Å². The van der Waals surface area contributed by atoms with Crippen LogP contribution in [0.15, 0.2) is 83.5 Å². The number of para-hydroxylation sites is 1. The molecule has 0 saturated heterocycles. The summed E-state index contributed by atoms with van der Waals surface area (Å²) in [6.45, 7) is 1.94. The Labute approximate surface area is 187 Å². The molecule has 2 N–H and O–H groups in total. The Morgan fingerprint density at radius 3 is 2.25 bits per heavy atom. The van der Waals surface area contributed by atoms with Gasteiger partial charge in [0.2, 0.25) is 0 Å². The molecule has 0 saturated carbocycles. The molecule has 0 unspecified atom stereocenters. The summed E-state index contributed by atoms with van der Waals surface area (Å²) in [5.41, 5.74) is 3.05. The van der Waals surface area contributed by atoms with Crippen LogP contribution in [0.5, 0.6) is 0 Å². The van der Waals surface area contributed by atoms with Crippen molar-refractivity contribution in [2.45, 2.75) is 6.92 Å². The molecule has 5 rings (SSSR count). The smallest absolute Gasteiger partial charge is 0.291 e. The van der Waals surface area contributed by atoms with Crippen molar-refractivity contribution in [3.63, 3.8) is 0 Å². The first-order valence-electron chi connectivity index (χ1n) is 9.89. The number of aryl methyl sites for hydroxylation is 1. The molecule has 8 heteroatoms. The predicted octanol–water partition coefficient (Wildman–Crippen LogP) is 5.49. The van der Waals surface area contributed by atoms with E-state index in [2.05, 4.69) is 15.7 Å². The van der Waals surface area contributed by atoms with E-state index in [9.17, 15) is 9.59 Å². The summed E-state index contributed by atoms with van der Waals surface area (Å²) in [7, 11) is 0. The Bertz CT molecular complexity index is 1400. The van der Waals surface area contributed by atoms with Crippen LogP contribution in [-0.2, 0) is 0 Å². The molecule has 3 aromatic heterocycles. The first kappa shape index (κ1) is 19.8. The number of furan rings is 1. The van der Waals surface area contributed by atoms with Gasteiger partial charge in [0, 0.05) is 16.8 Å². The molecule has 0 spiro atoms. The van der Waals surface area contributed by atoms with Gasteiger partial charge in [-0.3, -0.25) is 9.59 Å². The second-order valence-corrected chi connectivity index (χ2v) is 8.16. The number of nitrogens with one attached hydrogen (secondary N) is 2. The first-order valence-corrected chi connectivity index (χ1v) is 10.7. The van der Waals surface area contributed by atoms with E-state index in [0.29, 0.717) is 16.3 Å². The Morgan fingerprint density at radius 1 is 0.906 bits per heavy atom. The average molecular weight is 443 g/mol. The number of nitrogens with zero attached hydrogens (tertiary/aromatic N) is 2. The number of anilines is 2. The van der Waals surface area contributed by atoms with Crippen LogP contribution in [-0.4, -0.2) is 21.6 Å². The van der Waals surface area contributed by atoms with Crippen molar-refractivity contribution in [1.82, 2.24) is 9.78 Å². The van der Waals surface area contributed by atoms with Crippen molar-refractivity contribution < 1.29 is 14.0 Å². The first-order chi connectivity index (χ1) is 15.6. The molecule has 7 nitrogen and oxygen atoms in total. The lowest BCUT2D eigenvalue weighted by Gasteiger charge is -2.06. The summed E-state index contributed by atoms with van der Waals surface area (Å²) in [6.07, 6.45) is 1.44. The van der Waals surface area contributed by atoms with Crippen LogP contribution in [0.2, 0.25) is 0 Å². The highest BCUT2D eigenvalue weighted by molar-refractivity contribution is 7.20. The lowest BCUT2D eigenvalue weighted by Crippen LogP contribution is -2.12. The molecule has 0 aliphatic carbocycles. The maximum absolute atomic E-state index is 12.8. The number of hydrogen-bond acceptors (Lipinski definition) is 5. The predicted molar refractivity (Wildman–Crippen MR) is 125 cm³/mol. The molecule has 32 heavy (non-hydrogen) atoms. The van der Waals surface area contributed by atoms with Crippen LogP contribution in [0.3, 0.4) is 0 Å². The van der Waals surface area contributed by atoms with E-state index in [0.717, 1.165) is 21.6 Å². The van der Waals surface area contributed by atoms with Gasteiger partial charge in [0.25, 0.3) is 11.8 Å². The summed E-state index contributed by atoms with van der Waals surface area (Å²) >= 11 is 1.40. The molecule has 2 amide bonds. The fraction of sp³-hybridized carbons (Fsp3) is 0.0417. The number of aromatic nitrogens is 2. The number of benzene rings is 2. The van der Waals surface area contributed by atoms with Gasteiger partial charge in [-0.1, -0.05) is 18.2 Å². The molecular formula is C24H18N4O3S. The zero-order chi connectivity index (χ0) is 22.1. The van der Waals surface area contributed by atoms with Gasteiger partial charge in [0.1, 0.15) is 4.83 Å². The molecule has 0 aliphatic rings. The van der Waals surface area contributed by atoms with E-state index in [1.807, 2.05) is 48.0 Å². The van der Waals surface area contributed by atoms with Crippen molar-refractivity contribution in [3.8, 4) is 5.69 Å². The number of rotatable bonds is 5. The summed E-state index contributed by atoms with van der Waals surface area (Å²) in [5, 5.41) is 11.2. The van der Waals surface area contributed by atoms with Crippen LogP contribution in [0, 0.1) is 6.92 Å². The molecule has 0 radical (unpaired) electrons. The quantitative estimate of drug-likeness (QED) is 0.376. The highest BCUT2D eigenvalue weighted by Gasteiger charge is 2.17. The third-order valence-corrected chi connectivity index (χ3v) is 6.02. The third kappa shape index (κ3) is 3.79. The zero-order valence-corrected chi connectivity index (χ0v) is 17.8. The van der Waals surface area contributed by atoms with Crippen LogP contribution in [0.4, 0.5) is 11.4 Å². The standard InChI is InChI=1S/C24H18N4O3S/c1-15-19-14-21(32-24(19)28(27-15)18-6-3-2-4-7-18)23(30)26-17-11-9-16(10-12-17)25-22(29)20-8-5-13-31-20/h2-14H,1H3,(H,25,29)(H,26,30). The molecule has 3 heterocycles. The summed E-state index contributed by atoms with van der Waals surface area (Å²) < 4.78 is 6.95. The van der Waals surface area contributed by atoms with Crippen LogP contribution < -0.4 is 10.6 Å². The second-order valence-electron chi connectivity index (χ2n) is 7.13. The fourth-order valence-corrected chi connectivity index (χ4v) is 4.41. The minimum Gasteiger partial charge on any atom is -0.459 e. The van der Waals surface area contributed by atoms with E-state index < -0.39 is 0 Å². The van der Waals surface area contributed by atoms with Gasteiger partial charge in [-0.2, -0.15) is 5.10 Å². The van der Waals surface area contributed by atoms with E-state index in [4.69, 9.17) is 4.42 Å². The van der Waals surface area contributed by atoms with Crippen molar-refractivity contribution >= 4 is 44.7 Å². The normalized spacial score (nSPS) is 10.9. The van der Waals surface area contributed by atoms with Crippen molar-refractivity contribution in [2.75, 3.05) is 10.6 Å². The molecule has 158 valence electrons. The Morgan fingerprint density at radius 2 is 1.59 bits per heavy atom. The SMILES string of the molecule is Cc1nn(-c2ccccc2)c2sc(C(=O)Nc3ccc(NC(=O)c4ccco4)cc3)cc12.